The smallest absolute Gasteiger partial charge is 0.251 e. The van der Waals surface area contributed by atoms with Gasteiger partial charge in [0.2, 0.25) is 0 Å². The topological polar surface area (TPSA) is 42.0 Å². The van der Waals surface area contributed by atoms with Gasteiger partial charge >= 0.3 is 0 Å². The Morgan fingerprint density at radius 1 is 1.25 bits per heavy atom. The van der Waals surface area contributed by atoms with Gasteiger partial charge in [0.15, 0.2) is 0 Å². The molecule has 0 aliphatic heterocycles. The first-order valence-electron chi connectivity index (χ1n) is 6.20. The molecule has 1 heterocycles. The highest BCUT2D eigenvalue weighted by Gasteiger charge is 2.11. The van der Waals surface area contributed by atoms with E-state index in [4.69, 9.17) is 11.6 Å². The van der Waals surface area contributed by atoms with Crippen LogP contribution < -0.4 is 5.32 Å². The van der Waals surface area contributed by atoms with Crippen LogP contribution in [0.2, 0.25) is 5.02 Å². The van der Waals surface area contributed by atoms with Crippen LogP contribution in [-0.4, -0.2) is 16.9 Å². The Bertz CT molecular complexity index is 626. The molecule has 20 heavy (non-hydrogen) atoms. The number of nitrogens with one attached hydrogen (secondary N) is 1. The predicted molar refractivity (Wildman–Crippen MR) is 85.0 cm³/mol. The van der Waals surface area contributed by atoms with E-state index in [1.807, 2.05) is 26.0 Å². The fourth-order valence-electron chi connectivity index (χ4n) is 1.74. The summed E-state index contributed by atoms with van der Waals surface area (Å²) in [5.74, 6) is -0.113. The van der Waals surface area contributed by atoms with Crippen molar-refractivity contribution in [2.45, 2.75) is 19.9 Å². The molecular weight excluding hydrogens is 340 g/mol. The van der Waals surface area contributed by atoms with Crippen molar-refractivity contribution in [2.24, 2.45) is 0 Å². The molecule has 1 aromatic carbocycles. The van der Waals surface area contributed by atoms with Crippen molar-refractivity contribution in [1.82, 2.24) is 10.3 Å². The van der Waals surface area contributed by atoms with Crippen molar-refractivity contribution in [3.63, 3.8) is 0 Å². The fourth-order valence-corrected chi connectivity index (χ4v) is 2.31. The lowest BCUT2D eigenvalue weighted by atomic mass is 10.1. The van der Waals surface area contributed by atoms with Crippen LogP contribution in [0.5, 0.6) is 0 Å². The van der Waals surface area contributed by atoms with Crippen molar-refractivity contribution >= 4 is 33.4 Å². The summed E-state index contributed by atoms with van der Waals surface area (Å²) in [4.78, 5) is 16.5. The van der Waals surface area contributed by atoms with Gasteiger partial charge in [-0.1, -0.05) is 23.7 Å². The van der Waals surface area contributed by atoms with E-state index in [1.54, 1.807) is 24.3 Å². The van der Waals surface area contributed by atoms with Gasteiger partial charge in [0.25, 0.3) is 5.91 Å². The van der Waals surface area contributed by atoms with Crippen molar-refractivity contribution in [3.8, 4) is 11.3 Å². The van der Waals surface area contributed by atoms with E-state index in [0.717, 1.165) is 11.3 Å². The van der Waals surface area contributed by atoms with Crippen LogP contribution in [0.1, 0.15) is 24.2 Å². The Hall–Kier alpha value is -1.39. The molecule has 0 saturated carbocycles. The van der Waals surface area contributed by atoms with Gasteiger partial charge in [-0.05, 0) is 54.0 Å². The van der Waals surface area contributed by atoms with Gasteiger partial charge in [0.1, 0.15) is 4.60 Å². The Labute approximate surface area is 131 Å². The number of nitrogens with zero attached hydrogens (tertiary/aromatic N) is 1. The van der Waals surface area contributed by atoms with Crippen molar-refractivity contribution in [1.29, 1.82) is 0 Å². The van der Waals surface area contributed by atoms with Gasteiger partial charge in [-0.25, -0.2) is 4.98 Å². The third-order valence-electron chi connectivity index (χ3n) is 2.62. The van der Waals surface area contributed by atoms with E-state index in [1.165, 1.54) is 0 Å². The minimum Gasteiger partial charge on any atom is -0.350 e. The number of hydrogen-bond acceptors (Lipinski definition) is 2. The summed E-state index contributed by atoms with van der Waals surface area (Å²) < 4.78 is 0.624. The molecule has 0 bridgehead atoms. The average molecular weight is 354 g/mol. The molecule has 0 unspecified atom stereocenters. The lowest BCUT2D eigenvalue weighted by Gasteiger charge is -2.10. The second kappa shape index (κ2) is 6.37. The van der Waals surface area contributed by atoms with E-state index in [9.17, 15) is 4.79 Å². The first kappa shape index (κ1) is 15.0. The number of pyridine rings is 1. The average Bonchev–Trinajstić information content (AvgIpc) is 2.38. The third-order valence-corrected chi connectivity index (χ3v) is 3.27. The summed E-state index contributed by atoms with van der Waals surface area (Å²) in [6.07, 6.45) is 0. The standard InChI is InChI=1S/C15H14BrClN2O/c1-9(2)18-15(20)11-7-13(19-14(16)8-11)10-3-5-12(17)6-4-10/h3-9H,1-2H3,(H,18,20). The first-order chi connectivity index (χ1) is 9.45. The van der Waals surface area contributed by atoms with Crippen LogP contribution in [0.3, 0.4) is 0 Å². The summed E-state index contributed by atoms with van der Waals surface area (Å²) in [7, 11) is 0. The molecule has 1 aromatic heterocycles. The molecule has 1 amide bonds. The van der Waals surface area contributed by atoms with Gasteiger partial charge in [-0.15, -0.1) is 0 Å². The SMILES string of the molecule is CC(C)NC(=O)c1cc(Br)nc(-c2ccc(Cl)cc2)c1. The van der Waals surface area contributed by atoms with E-state index in [2.05, 4.69) is 26.2 Å². The summed E-state index contributed by atoms with van der Waals surface area (Å²) in [6, 6.07) is 10.9. The minimum atomic E-state index is -0.113. The molecular formula is C15H14BrClN2O. The van der Waals surface area contributed by atoms with E-state index < -0.39 is 0 Å². The monoisotopic (exact) mass is 352 g/mol. The zero-order valence-corrected chi connectivity index (χ0v) is 13.5. The quantitative estimate of drug-likeness (QED) is 0.836. The molecule has 0 fully saturated rings. The molecule has 0 saturated heterocycles. The number of aromatic nitrogens is 1. The van der Waals surface area contributed by atoms with Gasteiger partial charge in [-0.2, -0.15) is 0 Å². The molecule has 0 aliphatic carbocycles. The molecule has 0 aliphatic rings. The molecule has 2 rings (SSSR count). The van der Waals surface area contributed by atoms with Gasteiger partial charge < -0.3 is 5.32 Å². The molecule has 0 atom stereocenters. The molecule has 3 nitrogen and oxygen atoms in total. The number of rotatable bonds is 3. The van der Waals surface area contributed by atoms with E-state index >= 15 is 0 Å². The Balaban J connectivity index is 2.38. The van der Waals surface area contributed by atoms with Crippen molar-refractivity contribution in [2.75, 3.05) is 0 Å². The number of carbonyl (C=O) groups excluding carboxylic acids is 1. The van der Waals surface area contributed by atoms with Crippen LogP contribution in [0.4, 0.5) is 0 Å². The number of halogens is 2. The van der Waals surface area contributed by atoms with Gasteiger partial charge in [-0.3, -0.25) is 4.79 Å². The Morgan fingerprint density at radius 2 is 1.90 bits per heavy atom. The van der Waals surface area contributed by atoms with Crippen molar-refractivity contribution < 1.29 is 4.79 Å². The molecule has 104 valence electrons. The summed E-state index contributed by atoms with van der Waals surface area (Å²) in [6.45, 7) is 3.85. The minimum absolute atomic E-state index is 0.0911. The summed E-state index contributed by atoms with van der Waals surface area (Å²) >= 11 is 9.22. The van der Waals surface area contributed by atoms with Crippen LogP contribution in [-0.2, 0) is 0 Å². The lowest BCUT2D eigenvalue weighted by Crippen LogP contribution is -2.30. The van der Waals surface area contributed by atoms with E-state index in [0.29, 0.717) is 15.2 Å². The van der Waals surface area contributed by atoms with Crippen LogP contribution in [0.15, 0.2) is 41.0 Å². The Kier molecular flexibility index (Phi) is 4.78. The maximum Gasteiger partial charge on any atom is 0.251 e. The third kappa shape index (κ3) is 3.81. The number of benzene rings is 1. The van der Waals surface area contributed by atoms with Crippen LogP contribution >= 0.6 is 27.5 Å². The molecule has 0 spiro atoms. The Morgan fingerprint density at radius 3 is 2.50 bits per heavy atom. The fraction of sp³-hybridized carbons (Fsp3) is 0.200. The zero-order valence-electron chi connectivity index (χ0n) is 11.2. The molecule has 5 heteroatoms. The highest BCUT2D eigenvalue weighted by Crippen LogP contribution is 2.23. The summed E-state index contributed by atoms with van der Waals surface area (Å²) in [5, 5.41) is 3.53. The second-order valence-electron chi connectivity index (χ2n) is 4.70. The maximum atomic E-state index is 12.1. The number of hydrogen-bond donors (Lipinski definition) is 1. The lowest BCUT2D eigenvalue weighted by molar-refractivity contribution is 0.0943. The highest BCUT2D eigenvalue weighted by atomic mass is 79.9. The molecule has 1 N–H and O–H groups in total. The van der Waals surface area contributed by atoms with Crippen LogP contribution in [0.25, 0.3) is 11.3 Å². The number of carbonyl (C=O) groups is 1. The molecule has 2 aromatic rings. The maximum absolute atomic E-state index is 12.1. The van der Waals surface area contributed by atoms with Gasteiger partial charge in [0.05, 0.1) is 5.69 Å². The largest absolute Gasteiger partial charge is 0.350 e. The van der Waals surface area contributed by atoms with Gasteiger partial charge in [0, 0.05) is 22.2 Å². The number of amides is 1. The van der Waals surface area contributed by atoms with Crippen LogP contribution in [0, 0.1) is 0 Å². The van der Waals surface area contributed by atoms with Crippen molar-refractivity contribution in [3.05, 3.63) is 51.6 Å². The summed E-state index contributed by atoms with van der Waals surface area (Å²) in [5.41, 5.74) is 2.21. The highest BCUT2D eigenvalue weighted by molar-refractivity contribution is 9.10. The second-order valence-corrected chi connectivity index (χ2v) is 5.95. The predicted octanol–water partition coefficient (Wildman–Crippen LogP) is 4.30. The first-order valence-corrected chi connectivity index (χ1v) is 7.37. The zero-order chi connectivity index (χ0) is 14.7. The normalized spacial score (nSPS) is 10.7. The van der Waals surface area contributed by atoms with E-state index in [-0.39, 0.29) is 11.9 Å². The molecule has 0 radical (unpaired) electrons.